The molecule has 25 heavy (non-hydrogen) atoms. The number of rotatable bonds is 6. The first-order valence-corrected chi connectivity index (χ1v) is 9.12. The van der Waals surface area contributed by atoms with Gasteiger partial charge in [0.25, 0.3) is 0 Å². The Hall–Kier alpha value is -2.32. The average molecular weight is 331 g/mol. The molecule has 3 aromatic rings. The average Bonchev–Trinajstić information content (AvgIpc) is 3.46. The Balaban J connectivity index is 1.86. The van der Waals surface area contributed by atoms with Crippen molar-refractivity contribution in [3.8, 4) is 5.75 Å². The first-order chi connectivity index (χ1) is 12.3. The highest BCUT2D eigenvalue weighted by molar-refractivity contribution is 5.88. The largest absolute Gasteiger partial charge is 0.496 e. The van der Waals surface area contributed by atoms with E-state index in [9.17, 15) is 0 Å². The molecule has 128 valence electrons. The van der Waals surface area contributed by atoms with E-state index in [-0.39, 0.29) is 6.04 Å². The quantitative estimate of drug-likeness (QED) is 0.666. The number of fused-ring (bicyclic) bond motifs is 1. The molecule has 2 heteroatoms. The third kappa shape index (κ3) is 3.40. The number of benzene rings is 3. The van der Waals surface area contributed by atoms with Crippen LogP contribution in [-0.2, 0) is 0 Å². The maximum Gasteiger partial charge on any atom is 0.124 e. The van der Waals surface area contributed by atoms with Crippen molar-refractivity contribution in [1.82, 2.24) is 5.32 Å². The molecule has 1 saturated carbocycles. The van der Waals surface area contributed by atoms with Gasteiger partial charge in [0.2, 0.25) is 0 Å². The molecule has 0 spiro atoms. The lowest BCUT2D eigenvalue weighted by atomic mass is 9.92. The zero-order chi connectivity index (χ0) is 17.2. The normalized spacial score (nSPS) is 15.3. The number of methoxy groups -OCH3 is 1. The minimum atomic E-state index is 0.140. The van der Waals surface area contributed by atoms with Crippen LogP contribution < -0.4 is 10.1 Å². The molecule has 0 amide bonds. The molecule has 2 nitrogen and oxygen atoms in total. The second-order valence-electron chi connectivity index (χ2n) is 7.10. The summed E-state index contributed by atoms with van der Waals surface area (Å²) < 4.78 is 5.77. The summed E-state index contributed by atoms with van der Waals surface area (Å²) in [5, 5.41) is 6.34. The van der Waals surface area contributed by atoms with Gasteiger partial charge in [-0.25, -0.2) is 0 Å². The van der Waals surface area contributed by atoms with Crippen molar-refractivity contribution in [1.29, 1.82) is 0 Å². The predicted molar refractivity (Wildman–Crippen MR) is 104 cm³/mol. The second-order valence-corrected chi connectivity index (χ2v) is 7.10. The van der Waals surface area contributed by atoms with Gasteiger partial charge in [0, 0.05) is 5.56 Å². The SMILES string of the molecule is COc1ccc2ccccc2c1C(NCC1CC1)c1cccc(C)c1. The zero-order valence-electron chi connectivity index (χ0n) is 15.0. The predicted octanol–water partition coefficient (Wildman–Crippen LogP) is 5.25. The minimum Gasteiger partial charge on any atom is -0.496 e. The first-order valence-electron chi connectivity index (χ1n) is 9.12. The summed E-state index contributed by atoms with van der Waals surface area (Å²) in [5.41, 5.74) is 3.83. The van der Waals surface area contributed by atoms with Gasteiger partial charge in [0.1, 0.15) is 5.75 Å². The summed E-state index contributed by atoms with van der Waals surface area (Å²) in [5.74, 6) is 1.78. The summed E-state index contributed by atoms with van der Waals surface area (Å²) in [6, 6.07) is 21.8. The van der Waals surface area contributed by atoms with Gasteiger partial charge in [-0.05, 0) is 54.6 Å². The van der Waals surface area contributed by atoms with Crippen LogP contribution >= 0.6 is 0 Å². The molecule has 1 atom stereocenters. The third-order valence-electron chi connectivity index (χ3n) is 5.12. The van der Waals surface area contributed by atoms with E-state index in [2.05, 4.69) is 72.9 Å². The van der Waals surface area contributed by atoms with Crippen molar-refractivity contribution < 1.29 is 4.74 Å². The lowest BCUT2D eigenvalue weighted by Gasteiger charge is -2.24. The Labute approximate surface area is 149 Å². The molecular formula is C23H25NO. The number of aryl methyl sites for hydroxylation is 1. The van der Waals surface area contributed by atoms with Gasteiger partial charge in [-0.15, -0.1) is 0 Å². The molecular weight excluding hydrogens is 306 g/mol. The molecule has 4 rings (SSSR count). The molecule has 0 heterocycles. The van der Waals surface area contributed by atoms with Crippen LogP contribution in [0.1, 0.15) is 35.6 Å². The van der Waals surface area contributed by atoms with Crippen LogP contribution in [0.2, 0.25) is 0 Å². The van der Waals surface area contributed by atoms with E-state index in [1.54, 1.807) is 7.11 Å². The summed E-state index contributed by atoms with van der Waals surface area (Å²) in [6.07, 6.45) is 2.69. The van der Waals surface area contributed by atoms with Crippen LogP contribution in [0.3, 0.4) is 0 Å². The number of nitrogens with one attached hydrogen (secondary N) is 1. The van der Waals surface area contributed by atoms with Crippen LogP contribution in [-0.4, -0.2) is 13.7 Å². The Morgan fingerprint density at radius 3 is 2.64 bits per heavy atom. The number of hydrogen-bond acceptors (Lipinski definition) is 2. The smallest absolute Gasteiger partial charge is 0.124 e. The lowest BCUT2D eigenvalue weighted by molar-refractivity contribution is 0.404. The fraction of sp³-hybridized carbons (Fsp3) is 0.304. The molecule has 1 unspecified atom stereocenters. The molecule has 0 radical (unpaired) electrons. The molecule has 1 N–H and O–H groups in total. The van der Waals surface area contributed by atoms with Gasteiger partial charge in [-0.2, -0.15) is 0 Å². The Kier molecular flexibility index (Phi) is 4.46. The minimum absolute atomic E-state index is 0.140. The maximum absolute atomic E-state index is 5.77. The summed E-state index contributed by atoms with van der Waals surface area (Å²) in [4.78, 5) is 0. The van der Waals surface area contributed by atoms with E-state index in [1.165, 1.54) is 40.3 Å². The van der Waals surface area contributed by atoms with Crippen molar-refractivity contribution in [2.45, 2.75) is 25.8 Å². The van der Waals surface area contributed by atoms with Gasteiger partial charge >= 0.3 is 0 Å². The third-order valence-corrected chi connectivity index (χ3v) is 5.12. The molecule has 3 aromatic carbocycles. The number of ether oxygens (including phenoxy) is 1. The van der Waals surface area contributed by atoms with Crippen molar-refractivity contribution in [3.05, 3.63) is 77.4 Å². The molecule has 0 aromatic heterocycles. The Morgan fingerprint density at radius 1 is 1.04 bits per heavy atom. The first kappa shape index (κ1) is 16.2. The van der Waals surface area contributed by atoms with E-state index < -0.39 is 0 Å². The highest BCUT2D eigenvalue weighted by Crippen LogP contribution is 2.37. The van der Waals surface area contributed by atoms with E-state index in [0.29, 0.717) is 0 Å². The van der Waals surface area contributed by atoms with Crippen molar-refractivity contribution >= 4 is 10.8 Å². The fourth-order valence-corrected chi connectivity index (χ4v) is 3.59. The fourth-order valence-electron chi connectivity index (χ4n) is 3.59. The van der Waals surface area contributed by atoms with E-state index in [0.717, 1.165) is 18.2 Å². The van der Waals surface area contributed by atoms with Crippen LogP contribution in [0, 0.1) is 12.8 Å². The monoisotopic (exact) mass is 331 g/mol. The van der Waals surface area contributed by atoms with Gasteiger partial charge in [0.15, 0.2) is 0 Å². The van der Waals surface area contributed by atoms with E-state index >= 15 is 0 Å². The highest BCUT2D eigenvalue weighted by Gasteiger charge is 2.26. The summed E-state index contributed by atoms with van der Waals surface area (Å²) >= 11 is 0. The van der Waals surface area contributed by atoms with Crippen LogP contribution in [0.5, 0.6) is 5.75 Å². The Bertz CT molecular complexity index is 882. The van der Waals surface area contributed by atoms with E-state index in [1.807, 2.05) is 0 Å². The highest BCUT2D eigenvalue weighted by atomic mass is 16.5. The Morgan fingerprint density at radius 2 is 1.88 bits per heavy atom. The van der Waals surface area contributed by atoms with Crippen LogP contribution in [0.15, 0.2) is 60.7 Å². The van der Waals surface area contributed by atoms with Crippen molar-refractivity contribution in [2.75, 3.05) is 13.7 Å². The summed E-state index contributed by atoms with van der Waals surface area (Å²) in [6.45, 7) is 3.22. The number of hydrogen-bond donors (Lipinski definition) is 1. The molecule has 0 saturated heterocycles. The van der Waals surface area contributed by atoms with Crippen molar-refractivity contribution in [3.63, 3.8) is 0 Å². The second kappa shape index (κ2) is 6.89. The van der Waals surface area contributed by atoms with Crippen molar-refractivity contribution in [2.24, 2.45) is 5.92 Å². The molecule has 1 fully saturated rings. The van der Waals surface area contributed by atoms with Crippen LogP contribution in [0.25, 0.3) is 10.8 Å². The van der Waals surface area contributed by atoms with Gasteiger partial charge in [0.05, 0.1) is 13.2 Å². The van der Waals surface area contributed by atoms with Gasteiger partial charge < -0.3 is 10.1 Å². The van der Waals surface area contributed by atoms with E-state index in [4.69, 9.17) is 4.74 Å². The zero-order valence-corrected chi connectivity index (χ0v) is 15.0. The summed E-state index contributed by atoms with van der Waals surface area (Å²) in [7, 11) is 1.77. The molecule has 0 aliphatic heterocycles. The van der Waals surface area contributed by atoms with Gasteiger partial charge in [-0.3, -0.25) is 0 Å². The molecule has 0 bridgehead atoms. The van der Waals surface area contributed by atoms with Gasteiger partial charge in [-0.1, -0.05) is 60.2 Å². The molecule has 1 aliphatic carbocycles. The standard InChI is InChI=1S/C23H25NO/c1-16-6-5-8-19(14-16)23(24-15-17-10-11-17)22-20-9-4-3-7-18(20)12-13-21(22)25-2/h3-9,12-14,17,23-24H,10-11,15H2,1-2H3. The maximum atomic E-state index is 5.77. The van der Waals surface area contributed by atoms with Crippen LogP contribution in [0.4, 0.5) is 0 Å². The lowest BCUT2D eigenvalue weighted by Crippen LogP contribution is -2.25. The molecule has 1 aliphatic rings. The topological polar surface area (TPSA) is 21.3 Å².